The molecule has 10 heavy (non-hydrogen) atoms. The summed E-state index contributed by atoms with van der Waals surface area (Å²) in [7, 11) is -3.01. The SMILES string of the molecule is CCS(=O)(=O)c1ccc[nH]1. The van der Waals surface area contributed by atoms with E-state index in [2.05, 4.69) is 4.98 Å². The van der Waals surface area contributed by atoms with Gasteiger partial charge in [-0.1, -0.05) is 6.92 Å². The van der Waals surface area contributed by atoms with Crippen LogP contribution in [0.25, 0.3) is 0 Å². The topological polar surface area (TPSA) is 49.9 Å². The van der Waals surface area contributed by atoms with E-state index in [1.54, 1.807) is 25.3 Å². The normalized spacial score (nSPS) is 11.7. The van der Waals surface area contributed by atoms with Crippen LogP contribution in [0.2, 0.25) is 0 Å². The number of hydrogen-bond donors (Lipinski definition) is 1. The Morgan fingerprint density at radius 3 is 2.70 bits per heavy atom. The molecule has 0 saturated heterocycles. The van der Waals surface area contributed by atoms with E-state index in [9.17, 15) is 8.42 Å². The van der Waals surface area contributed by atoms with Crippen LogP contribution in [-0.4, -0.2) is 19.2 Å². The smallest absolute Gasteiger partial charge is 0.193 e. The molecule has 0 fully saturated rings. The summed E-state index contributed by atoms with van der Waals surface area (Å²) in [5.74, 6) is 0.146. The van der Waals surface area contributed by atoms with Crippen molar-refractivity contribution in [2.45, 2.75) is 11.9 Å². The molecular formula is C6H9NO2S. The van der Waals surface area contributed by atoms with Gasteiger partial charge in [0.1, 0.15) is 5.03 Å². The first-order valence-electron chi connectivity index (χ1n) is 3.03. The predicted octanol–water partition coefficient (Wildman–Crippen LogP) is 0.808. The lowest BCUT2D eigenvalue weighted by molar-refractivity contribution is 0.594. The molecule has 3 nitrogen and oxygen atoms in total. The second-order valence-corrected chi connectivity index (χ2v) is 4.18. The molecule has 0 atom stereocenters. The zero-order chi connectivity index (χ0) is 7.61. The van der Waals surface area contributed by atoms with Crippen molar-refractivity contribution >= 4 is 9.84 Å². The molecule has 0 bridgehead atoms. The lowest BCUT2D eigenvalue weighted by atomic mass is 10.7. The highest BCUT2D eigenvalue weighted by Gasteiger charge is 2.10. The highest BCUT2D eigenvalue weighted by molar-refractivity contribution is 7.91. The summed E-state index contributed by atoms with van der Waals surface area (Å²) in [6.07, 6.45) is 1.60. The molecule has 0 unspecified atom stereocenters. The summed E-state index contributed by atoms with van der Waals surface area (Å²) in [6, 6.07) is 3.22. The van der Waals surface area contributed by atoms with Crippen LogP contribution < -0.4 is 0 Å². The first-order chi connectivity index (χ1) is 4.67. The van der Waals surface area contributed by atoms with Gasteiger partial charge in [0, 0.05) is 6.20 Å². The van der Waals surface area contributed by atoms with Crippen molar-refractivity contribution in [3.05, 3.63) is 18.3 Å². The molecule has 1 rings (SSSR count). The van der Waals surface area contributed by atoms with Gasteiger partial charge in [-0.2, -0.15) is 0 Å². The standard InChI is InChI=1S/C6H9NO2S/c1-2-10(8,9)6-4-3-5-7-6/h3-5,7H,2H2,1H3. The van der Waals surface area contributed by atoms with Gasteiger partial charge in [0.25, 0.3) is 0 Å². The molecule has 1 aromatic rings. The van der Waals surface area contributed by atoms with Crippen LogP contribution in [0.1, 0.15) is 6.92 Å². The van der Waals surface area contributed by atoms with Gasteiger partial charge in [0.2, 0.25) is 0 Å². The Bertz CT molecular complexity index is 286. The van der Waals surface area contributed by atoms with Gasteiger partial charge in [0.15, 0.2) is 9.84 Å². The third-order valence-electron chi connectivity index (χ3n) is 1.28. The maximum atomic E-state index is 11.0. The number of nitrogens with one attached hydrogen (secondary N) is 1. The Labute approximate surface area is 60.0 Å². The average molecular weight is 159 g/mol. The number of rotatable bonds is 2. The lowest BCUT2D eigenvalue weighted by Crippen LogP contribution is -2.03. The Balaban J connectivity index is 3.09. The van der Waals surface area contributed by atoms with Crippen molar-refractivity contribution in [1.29, 1.82) is 0 Å². The zero-order valence-electron chi connectivity index (χ0n) is 5.66. The fourth-order valence-corrected chi connectivity index (χ4v) is 1.51. The average Bonchev–Trinajstić information content (AvgIpc) is 2.38. The summed E-state index contributed by atoms with van der Waals surface area (Å²) in [5.41, 5.74) is 0. The van der Waals surface area contributed by atoms with Gasteiger partial charge in [-0.25, -0.2) is 8.42 Å². The molecule has 0 aliphatic carbocycles. The molecule has 4 heteroatoms. The van der Waals surface area contributed by atoms with Crippen LogP contribution in [0.15, 0.2) is 23.4 Å². The quantitative estimate of drug-likeness (QED) is 0.694. The monoisotopic (exact) mass is 159 g/mol. The summed E-state index contributed by atoms with van der Waals surface area (Å²) in [5, 5.41) is 0.301. The molecule has 0 amide bonds. The van der Waals surface area contributed by atoms with Crippen LogP contribution in [0.3, 0.4) is 0 Å². The summed E-state index contributed by atoms with van der Waals surface area (Å²) in [6.45, 7) is 1.62. The van der Waals surface area contributed by atoms with E-state index >= 15 is 0 Å². The van der Waals surface area contributed by atoms with Crippen molar-refractivity contribution in [2.75, 3.05) is 5.75 Å². The number of hydrogen-bond acceptors (Lipinski definition) is 2. The van der Waals surface area contributed by atoms with Crippen LogP contribution in [0.4, 0.5) is 0 Å². The molecule has 0 saturated carbocycles. The minimum absolute atomic E-state index is 0.146. The highest BCUT2D eigenvalue weighted by atomic mass is 32.2. The molecule has 0 aromatic carbocycles. The third-order valence-corrected chi connectivity index (χ3v) is 2.97. The first kappa shape index (κ1) is 7.34. The zero-order valence-corrected chi connectivity index (χ0v) is 6.48. The molecule has 0 radical (unpaired) electrons. The molecule has 1 N–H and O–H groups in total. The molecule has 1 heterocycles. The fraction of sp³-hybridized carbons (Fsp3) is 0.333. The van der Waals surface area contributed by atoms with Gasteiger partial charge < -0.3 is 4.98 Å². The minimum Gasteiger partial charge on any atom is -0.352 e. The highest BCUT2D eigenvalue weighted by Crippen LogP contribution is 2.05. The Kier molecular flexibility index (Phi) is 1.80. The Morgan fingerprint density at radius 1 is 1.60 bits per heavy atom. The maximum Gasteiger partial charge on any atom is 0.193 e. The van der Waals surface area contributed by atoms with Crippen LogP contribution in [0.5, 0.6) is 0 Å². The number of H-pyrrole nitrogens is 1. The number of aromatic amines is 1. The van der Waals surface area contributed by atoms with Gasteiger partial charge in [-0.05, 0) is 12.1 Å². The van der Waals surface area contributed by atoms with Crippen molar-refractivity contribution in [2.24, 2.45) is 0 Å². The summed E-state index contributed by atoms with van der Waals surface area (Å²) in [4.78, 5) is 2.64. The van der Waals surface area contributed by atoms with Crippen LogP contribution >= 0.6 is 0 Å². The van der Waals surface area contributed by atoms with E-state index < -0.39 is 9.84 Å². The van der Waals surface area contributed by atoms with Crippen LogP contribution in [-0.2, 0) is 9.84 Å². The summed E-state index contributed by atoms with van der Waals surface area (Å²) >= 11 is 0. The first-order valence-corrected chi connectivity index (χ1v) is 4.68. The maximum absolute atomic E-state index is 11.0. The van der Waals surface area contributed by atoms with E-state index in [4.69, 9.17) is 0 Å². The number of sulfone groups is 1. The van der Waals surface area contributed by atoms with Gasteiger partial charge in [-0.15, -0.1) is 0 Å². The summed E-state index contributed by atoms with van der Waals surface area (Å²) < 4.78 is 22.1. The molecule has 0 spiro atoms. The molecular weight excluding hydrogens is 150 g/mol. The predicted molar refractivity (Wildman–Crippen MR) is 38.5 cm³/mol. The number of aromatic nitrogens is 1. The molecule has 0 aliphatic rings. The fourth-order valence-electron chi connectivity index (χ4n) is 0.663. The van der Waals surface area contributed by atoms with E-state index in [0.717, 1.165) is 0 Å². The minimum atomic E-state index is -3.01. The van der Waals surface area contributed by atoms with Gasteiger partial charge in [0.05, 0.1) is 5.75 Å². The molecule has 56 valence electrons. The molecule has 0 aliphatic heterocycles. The third kappa shape index (κ3) is 1.21. The molecule has 1 aromatic heterocycles. The second kappa shape index (κ2) is 2.46. The lowest BCUT2D eigenvalue weighted by Gasteiger charge is -1.93. The Morgan fingerprint density at radius 2 is 2.30 bits per heavy atom. The van der Waals surface area contributed by atoms with Gasteiger partial charge in [-0.3, -0.25) is 0 Å². The van der Waals surface area contributed by atoms with E-state index in [-0.39, 0.29) is 5.75 Å². The van der Waals surface area contributed by atoms with Crippen molar-refractivity contribution < 1.29 is 8.42 Å². The second-order valence-electron chi connectivity index (χ2n) is 1.94. The Hall–Kier alpha value is -0.770. The van der Waals surface area contributed by atoms with E-state index in [1.807, 2.05) is 0 Å². The van der Waals surface area contributed by atoms with Crippen molar-refractivity contribution in [3.63, 3.8) is 0 Å². The van der Waals surface area contributed by atoms with Gasteiger partial charge >= 0.3 is 0 Å². The van der Waals surface area contributed by atoms with E-state index in [0.29, 0.717) is 5.03 Å². The van der Waals surface area contributed by atoms with Crippen LogP contribution in [0, 0.1) is 0 Å². The largest absolute Gasteiger partial charge is 0.352 e. The van der Waals surface area contributed by atoms with Crippen molar-refractivity contribution in [3.8, 4) is 0 Å². The van der Waals surface area contributed by atoms with Crippen molar-refractivity contribution in [1.82, 2.24) is 4.98 Å². The van der Waals surface area contributed by atoms with E-state index in [1.165, 1.54) is 0 Å².